The van der Waals surface area contributed by atoms with E-state index in [1.54, 1.807) is 22.7 Å². The van der Waals surface area contributed by atoms with Gasteiger partial charge in [-0.2, -0.15) is 0 Å². The van der Waals surface area contributed by atoms with Crippen LogP contribution in [-0.2, 0) is 0 Å². The molecule has 1 aromatic carbocycles. The van der Waals surface area contributed by atoms with E-state index < -0.39 is 0 Å². The fourth-order valence-corrected chi connectivity index (χ4v) is 4.42. The third kappa shape index (κ3) is 1.72. The lowest BCUT2D eigenvalue weighted by molar-refractivity contribution is 0.112. The summed E-state index contributed by atoms with van der Waals surface area (Å²) in [7, 11) is 2.10. The highest BCUT2D eigenvalue weighted by Crippen LogP contribution is 2.40. The van der Waals surface area contributed by atoms with Gasteiger partial charge in [0, 0.05) is 34.1 Å². The van der Waals surface area contributed by atoms with Gasteiger partial charge in [0.15, 0.2) is 6.29 Å². The van der Waals surface area contributed by atoms with Crippen molar-refractivity contribution < 1.29 is 4.79 Å². The summed E-state index contributed by atoms with van der Waals surface area (Å²) in [6.07, 6.45) is 0.933. The lowest BCUT2D eigenvalue weighted by Gasteiger charge is -2.16. The summed E-state index contributed by atoms with van der Waals surface area (Å²) in [6, 6.07) is 8.54. The maximum absolute atomic E-state index is 10.8. The van der Waals surface area contributed by atoms with Gasteiger partial charge in [0.1, 0.15) is 0 Å². The average molecular weight is 275 g/mol. The molecule has 0 saturated carbocycles. The summed E-state index contributed by atoms with van der Waals surface area (Å²) in [6.45, 7) is 3.15. The Morgan fingerprint density at radius 3 is 2.78 bits per heavy atom. The van der Waals surface area contributed by atoms with Crippen molar-refractivity contribution in [1.82, 2.24) is 0 Å². The van der Waals surface area contributed by atoms with E-state index in [-0.39, 0.29) is 0 Å². The zero-order valence-corrected chi connectivity index (χ0v) is 11.9. The average Bonchev–Trinajstić information content (AvgIpc) is 2.93. The summed E-state index contributed by atoms with van der Waals surface area (Å²) >= 11 is 3.35. The number of benzene rings is 1. The van der Waals surface area contributed by atoms with Crippen LogP contribution in [0.2, 0.25) is 0 Å². The number of thiophene rings is 2. The number of carbonyl (C=O) groups excluding carboxylic acids is 1. The molecule has 0 amide bonds. The second-order valence-corrected chi connectivity index (χ2v) is 6.42. The predicted octanol–water partition coefficient (Wildman–Crippen LogP) is 4.38. The Bertz CT molecular complexity index is 726. The van der Waals surface area contributed by atoms with Crippen LogP contribution in [0, 0.1) is 0 Å². The van der Waals surface area contributed by atoms with Gasteiger partial charge in [-0.25, -0.2) is 0 Å². The predicted molar refractivity (Wildman–Crippen MR) is 81.5 cm³/mol. The molecule has 4 heteroatoms. The van der Waals surface area contributed by atoms with Crippen LogP contribution in [0.1, 0.15) is 16.6 Å². The van der Waals surface area contributed by atoms with Gasteiger partial charge in [-0.3, -0.25) is 4.79 Å². The number of aldehydes is 1. The molecule has 2 heterocycles. The molecular weight excluding hydrogens is 262 g/mol. The molecule has 2 nitrogen and oxygen atoms in total. The molecule has 2 aromatic heterocycles. The minimum Gasteiger partial charge on any atom is -0.375 e. The lowest BCUT2D eigenvalue weighted by atomic mass is 10.2. The first kappa shape index (κ1) is 11.7. The summed E-state index contributed by atoms with van der Waals surface area (Å²) in [5, 5.41) is 1.27. The van der Waals surface area contributed by atoms with E-state index in [9.17, 15) is 4.79 Å². The standard InChI is InChI=1S/C14H13NOS2/c1-3-15(2)9-4-5-11-12(6-9)18-13-7-10(8-16)17-14(11)13/h4-8H,3H2,1-2H3. The number of fused-ring (bicyclic) bond motifs is 3. The fraction of sp³-hybridized carbons (Fsp3) is 0.214. The monoisotopic (exact) mass is 275 g/mol. The Hall–Kier alpha value is -1.39. The van der Waals surface area contributed by atoms with Crippen molar-refractivity contribution in [1.29, 1.82) is 0 Å². The summed E-state index contributed by atoms with van der Waals surface area (Å²) in [5.41, 5.74) is 1.24. The molecule has 0 fully saturated rings. The van der Waals surface area contributed by atoms with Crippen molar-refractivity contribution in [2.24, 2.45) is 0 Å². The van der Waals surface area contributed by atoms with Crippen LogP contribution in [0.15, 0.2) is 24.3 Å². The number of carbonyl (C=O) groups is 1. The van der Waals surface area contributed by atoms with E-state index in [1.165, 1.54) is 25.2 Å². The maximum atomic E-state index is 10.8. The minimum absolute atomic E-state index is 0.813. The van der Waals surface area contributed by atoms with Crippen molar-refractivity contribution in [2.75, 3.05) is 18.5 Å². The van der Waals surface area contributed by atoms with Gasteiger partial charge < -0.3 is 4.90 Å². The number of rotatable bonds is 3. The number of anilines is 1. The Morgan fingerprint density at radius 2 is 2.06 bits per heavy atom. The highest BCUT2D eigenvalue weighted by Gasteiger charge is 2.10. The molecule has 18 heavy (non-hydrogen) atoms. The van der Waals surface area contributed by atoms with Gasteiger partial charge in [-0.05, 0) is 25.1 Å². The van der Waals surface area contributed by atoms with E-state index >= 15 is 0 Å². The van der Waals surface area contributed by atoms with Crippen molar-refractivity contribution in [3.8, 4) is 0 Å². The van der Waals surface area contributed by atoms with Gasteiger partial charge in [0.05, 0.1) is 9.58 Å². The number of hydrogen-bond acceptors (Lipinski definition) is 4. The van der Waals surface area contributed by atoms with Crippen molar-refractivity contribution >= 4 is 54.1 Å². The fourth-order valence-electron chi connectivity index (χ4n) is 2.04. The van der Waals surface area contributed by atoms with Gasteiger partial charge in [0.2, 0.25) is 0 Å². The largest absolute Gasteiger partial charge is 0.375 e. The third-order valence-electron chi connectivity index (χ3n) is 3.18. The second-order valence-electron chi connectivity index (χ2n) is 4.26. The van der Waals surface area contributed by atoms with Gasteiger partial charge in [-0.1, -0.05) is 6.07 Å². The smallest absolute Gasteiger partial charge is 0.160 e. The van der Waals surface area contributed by atoms with E-state index in [0.29, 0.717) is 0 Å². The van der Waals surface area contributed by atoms with E-state index in [4.69, 9.17) is 0 Å². The highest BCUT2D eigenvalue weighted by atomic mass is 32.1. The maximum Gasteiger partial charge on any atom is 0.160 e. The van der Waals surface area contributed by atoms with Crippen molar-refractivity contribution in [3.63, 3.8) is 0 Å². The van der Waals surface area contributed by atoms with E-state index in [0.717, 1.165) is 17.7 Å². The normalized spacial score (nSPS) is 11.2. The number of hydrogen-bond donors (Lipinski definition) is 0. The summed E-state index contributed by atoms with van der Waals surface area (Å²) in [4.78, 5) is 13.8. The van der Waals surface area contributed by atoms with Gasteiger partial charge in [-0.15, -0.1) is 22.7 Å². The molecule has 0 aliphatic carbocycles. The molecule has 0 atom stereocenters. The molecule has 0 saturated heterocycles. The zero-order valence-electron chi connectivity index (χ0n) is 10.3. The molecule has 0 bridgehead atoms. The molecule has 92 valence electrons. The van der Waals surface area contributed by atoms with Crippen LogP contribution in [0.25, 0.3) is 19.5 Å². The van der Waals surface area contributed by atoms with Gasteiger partial charge >= 0.3 is 0 Å². The first-order valence-electron chi connectivity index (χ1n) is 5.85. The summed E-state index contributed by atoms with van der Waals surface area (Å²) < 4.78 is 3.75. The van der Waals surface area contributed by atoms with E-state index in [1.807, 2.05) is 6.07 Å². The Balaban J connectivity index is 2.21. The molecule has 0 N–H and O–H groups in total. The van der Waals surface area contributed by atoms with Gasteiger partial charge in [0.25, 0.3) is 0 Å². The third-order valence-corrected chi connectivity index (χ3v) is 5.50. The van der Waals surface area contributed by atoms with Crippen LogP contribution in [0.3, 0.4) is 0 Å². The first-order valence-corrected chi connectivity index (χ1v) is 7.48. The minimum atomic E-state index is 0.813. The van der Waals surface area contributed by atoms with Crippen LogP contribution in [-0.4, -0.2) is 19.9 Å². The molecule has 3 aromatic rings. The molecule has 0 radical (unpaired) electrons. The molecule has 0 aliphatic rings. The van der Waals surface area contributed by atoms with Crippen LogP contribution in [0.5, 0.6) is 0 Å². The van der Waals surface area contributed by atoms with Crippen LogP contribution >= 0.6 is 22.7 Å². The molecule has 3 rings (SSSR count). The molecular formula is C14H13NOS2. The molecule has 0 spiro atoms. The van der Waals surface area contributed by atoms with Crippen LogP contribution in [0.4, 0.5) is 5.69 Å². The molecule has 0 aliphatic heterocycles. The molecule has 0 unspecified atom stereocenters. The second kappa shape index (κ2) is 4.37. The Kier molecular flexibility index (Phi) is 2.84. The number of nitrogens with zero attached hydrogens (tertiary/aromatic N) is 1. The zero-order chi connectivity index (χ0) is 12.7. The first-order chi connectivity index (χ1) is 8.72. The van der Waals surface area contributed by atoms with E-state index in [2.05, 4.69) is 37.1 Å². The Morgan fingerprint density at radius 1 is 1.22 bits per heavy atom. The van der Waals surface area contributed by atoms with Crippen molar-refractivity contribution in [2.45, 2.75) is 6.92 Å². The quantitative estimate of drug-likeness (QED) is 0.661. The SMILES string of the molecule is CCN(C)c1ccc2c(c1)sc1cc(C=O)sc12. The topological polar surface area (TPSA) is 20.3 Å². The Labute approximate surface area is 113 Å². The summed E-state index contributed by atoms with van der Waals surface area (Å²) in [5.74, 6) is 0. The highest BCUT2D eigenvalue weighted by molar-refractivity contribution is 7.33. The van der Waals surface area contributed by atoms with Crippen molar-refractivity contribution in [3.05, 3.63) is 29.1 Å². The lowest BCUT2D eigenvalue weighted by Crippen LogP contribution is -2.15. The van der Waals surface area contributed by atoms with Crippen LogP contribution < -0.4 is 4.90 Å².